The van der Waals surface area contributed by atoms with Gasteiger partial charge in [0.2, 0.25) is 5.91 Å². The number of amides is 1. The molecule has 0 bridgehead atoms. The first-order chi connectivity index (χ1) is 25.4. The van der Waals surface area contributed by atoms with Gasteiger partial charge in [0.1, 0.15) is 30.5 Å². The summed E-state index contributed by atoms with van der Waals surface area (Å²) in [7, 11) is -5.10. The molecule has 8 atom stereocenters. The lowest BCUT2D eigenvalue weighted by molar-refractivity contribution is -0.298. The van der Waals surface area contributed by atoms with E-state index in [0.717, 1.165) is 64.2 Å². The van der Waals surface area contributed by atoms with Crippen molar-refractivity contribution in [2.45, 2.75) is 217 Å². The molecule has 1 fully saturated rings. The number of allylic oxidation sites excluding steroid dienone is 2. The minimum Gasteiger partial charge on any atom is -0.394 e. The van der Waals surface area contributed by atoms with Crippen molar-refractivity contribution >= 4 is 16.3 Å². The van der Waals surface area contributed by atoms with Crippen LogP contribution in [-0.2, 0) is 28.9 Å². The first-order valence-electron chi connectivity index (χ1n) is 20.7. The zero-order chi connectivity index (χ0) is 39.3. The van der Waals surface area contributed by atoms with E-state index >= 15 is 0 Å². The van der Waals surface area contributed by atoms with Crippen LogP contribution in [0.5, 0.6) is 0 Å². The lowest BCUT2D eigenvalue weighted by Crippen LogP contribution is -2.61. The van der Waals surface area contributed by atoms with Gasteiger partial charge in [0.25, 0.3) is 0 Å². The predicted molar refractivity (Wildman–Crippen MR) is 205 cm³/mol. The van der Waals surface area contributed by atoms with Crippen molar-refractivity contribution < 1.29 is 57.0 Å². The Kier molecular flexibility index (Phi) is 29.1. The summed E-state index contributed by atoms with van der Waals surface area (Å²) in [5, 5.41) is 55.0. The second kappa shape index (κ2) is 31.0. The molecule has 53 heavy (non-hydrogen) atoms. The van der Waals surface area contributed by atoms with Crippen LogP contribution in [0.15, 0.2) is 12.2 Å². The van der Waals surface area contributed by atoms with Crippen LogP contribution in [0.2, 0.25) is 0 Å². The minimum atomic E-state index is -5.10. The van der Waals surface area contributed by atoms with E-state index in [-0.39, 0.29) is 6.42 Å². The summed E-state index contributed by atoms with van der Waals surface area (Å²) in [6, 6.07) is -1.03. The molecule has 1 aliphatic rings. The van der Waals surface area contributed by atoms with Crippen LogP contribution in [-0.4, -0.2) is 107 Å². The number of unbranched alkanes of at least 4 members (excludes halogenated alkanes) is 19. The molecule has 13 nitrogen and oxygen atoms in total. The van der Waals surface area contributed by atoms with Gasteiger partial charge in [-0.3, -0.25) is 9.35 Å². The molecular formula is C39H75NO12S. The molecule has 1 aliphatic heterocycles. The number of hydrogen-bond acceptors (Lipinski definition) is 11. The van der Waals surface area contributed by atoms with Crippen molar-refractivity contribution in [2.24, 2.45) is 0 Å². The van der Waals surface area contributed by atoms with E-state index in [1.807, 2.05) is 0 Å². The van der Waals surface area contributed by atoms with Crippen molar-refractivity contribution in [1.82, 2.24) is 5.32 Å². The molecule has 0 radical (unpaired) electrons. The predicted octanol–water partition coefficient (Wildman–Crippen LogP) is 5.80. The molecule has 0 aliphatic carbocycles. The van der Waals surface area contributed by atoms with Gasteiger partial charge >= 0.3 is 10.4 Å². The highest BCUT2D eigenvalue weighted by atomic mass is 32.3. The fourth-order valence-electron chi connectivity index (χ4n) is 6.58. The van der Waals surface area contributed by atoms with Gasteiger partial charge in [-0.05, 0) is 38.5 Å². The van der Waals surface area contributed by atoms with Crippen LogP contribution >= 0.6 is 0 Å². The number of carbonyl (C=O) groups is 1. The van der Waals surface area contributed by atoms with Crippen molar-refractivity contribution in [3.63, 3.8) is 0 Å². The van der Waals surface area contributed by atoms with Gasteiger partial charge in [0, 0.05) is 0 Å². The highest BCUT2D eigenvalue weighted by Gasteiger charge is 2.48. The van der Waals surface area contributed by atoms with Crippen LogP contribution < -0.4 is 5.32 Å². The number of aliphatic hydroxyl groups is 5. The molecular weight excluding hydrogens is 706 g/mol. The quantitative estimate of drug-likeness (QED) is 0.0235. The van der Waals surface area contributed by atoms with E-state index in [4.69, 9.17) is 14.0 Å². The molecule has 1 rings (SSSR count). The van der Waals surface area contributed by atoms with E-state index in [9.17, 15) is 38.7 Å². The average molecular weight is 782 g/mol. The second-order valence-corrected chi connectivity index (χ2v) is 15.8. The molecule has 0 aromatic rings. The highest BCUT2D eigenvalue weighted by Crippen LogP contribution is 2.26. The topological polar surface area (TPSA) is 212 Å². The van der Waals surface area contributed by atoms with E-state index in [1.165, 1.54) is 64.2 Å². The van der Waals surface area contributed by atoms with Gasteiger partial charge in [-0.2, -0.15) is 8.42 Å². The number of rotatable bonds is 34. The van der Waals surface area contributed by atoms with Gasteiger partial charge in [-0.25, -0.2) is 4.18 Å². The molecule has 14 heteroatoms. The van der Waals surface area contributed by atoms with Gasteiger partial charge in [0.05, 0.1) is 25.4 Å². The molecule has 8 unspecified atom stereocenters. The lowest BCUT2D eigenvalue weighted by Gasteiger charge is -2.41. The maximum absolute atomic E-state index is 13.0. The normalized spacial score (nSPS) is 22.6. The first kappa shape index (κ1) is 49.8. The largest absolute Gasteiger partial charge is 0.397 e. The summed E-state index contributed by atoms with van der Waals surface area (Å²) in [6.07, 6.45) is 18.4. The Balaban J connectivity index is 2.63. The Morgan fingerprint density at radius 1 is 0.736 bits per heavy atom. The molecule has 314 valence electrons. The van der Waals surface area contributed by atoms with Crippen molar-refractivity contribution in [2.75, 3.05) is 13.2 Å². The maximum Gasteiger partial charge on any atom is 0.397 e. The molecule has 7 N–H and O–H groups in total. The van der Waals surface area contributed by atoms with E-state index in [1.54, 1.807) is 0 Å². The van der Waals surface area contributed by atoms with Gasteiger partial charge < -0.3 is 40.3 Å². The number of nitrogens with one attached hydrogen (secondary N) is 1. The highest BCUT2D eigenvalue weighted by molar-refractivity contribution is 7.80. The van der Waals surface area contributed by atoms with E-state index in [2.05, 4.69) is 35.5 Å². The fraction of sp³-hybridized carbons (Fsp3) is 0.923. The van der Waals surface area contributed by atoms with Crippen molar-refractivity contribution in [3.8, 4) is 0 Å². The molecule has 0 aromatic heterocycles. The monoisotopic (exact) mass is 782 g/mol. The SMILES string of the molecule is CCCCCC/C=C\CCCCCCCCC(O)C(=O)NC(COC1OC(CO)C(O)C(OS(=O)(=O)O)C1O)C(O)CCCCCCCCCCCC. The van der Waals surface area contributed by atoms with Crippen LogP contribution in [0, 0.1) is 0 Å². The zero-order valence-corrected chi connectivity index (χ0v) is 33.5. The first-order valence-corrected chi connectivity index (χ1v) is 22.0. The number of hydrogen-bond donors (Lipinski definition) is 7. The zero-order valence-electron chi connectivity index (χ0n) is 32.7. The van der Waals surface area contributed by atoms with Gasteiger partial charge in [-0.15, -0.1) is 0 Å². The summed E-state index contributed by atoms with van der Waals surface area (Å²) in [5.41, 5.74) is 0. The average Bonchev–Trinajstić information content (AvgIpc) is 3.12. The van der Waals surface area contributed by atoms with E-state index < -0.39 is 78.5 Å². The third-order valence-corrected chi connectivity index (χ3v) is 10.4. The Morgan fingerprint density at radius 3 is 1.72 bits per heavy atom. The summed E-state index contributed by atoms with van der Waals surface area (Å²) >= 11 is 0. The minimum absolute atomic E-state index is 0.254. The fourth-order valence-corrected chi connectivity index (χ4v) is 7.08. The maximum atomic E-state index is 13.0. The van der Waals surface area contributed by atoms with Crippen LogP contribution in [0.1, 0.15) is 168 Å². The van der Waals surface area contributed by atoms with E-state index in [0.29, 0.717) is 19.3 Å². The third-order valence-electron chi connectivity index (χ3n) is 9.93. The molecule has 0 spiro atoms. The summed E-state index contributed by atoms with van der Waals surface area (Å²) in [6.45, 7) is 3.21. The Bertz CT molecular complexity index is 1030. The second-order valence-electron chi connectivity index (χ2n) is 14.7. The number of ether oxygens (including phenoxy) is 2. The smallest absolute Gasteiger partial charge is 0.394 e. The standard InChI is InChI=1S/C39H75NO12S/c1-3-5-7-9-11-13-15-16-17-18-20-22-24-26-28-33(43)38(46)40-31(32(42)27-25-23-21-19-14-12-10-8-6-4-2)30-50-39-36(45)37(52-53(47,48)49)35(44)34(29-41)51-39/h13,15,31-37,39,41-45H,3-12,14,16-30H2,1-2H3,(H,40,46)(H,47,48,49)/b15-13-. The lowest BCUT2D eigenvalue weighted by atomic mass is 9.99. The van der Waals surface area contributed by atoms with Crippen LogP contribution in [0.4, 0.5) is 0 Å². The van der Waals surface area contributed by atoms with Gasteiger partial charge in [0.15, 0.2) is 6.29 Å². The molecule has 1 heterocycles. The molecule has 0 saturated carbocycles. The summed E-state index contributed by atoms with van der Waals surface area (Å²) < 4.78 is 47.3. The number of carbonyl (C=O) groups excluding carboxylic acids is 1. The number of aliphatic hydroxyl groups excluding tert-OH is 5. The Labute approximate surface area is 320 Å². The third kappa shape index (κ3) is 24.1. The molecule has 1 saturated heterocycles. The molecule has 1 amide bonds. The van der Waals surface area contributed by atoms with Crippen molar-refractivity contribution in [3.05, 3.63) is 12.2 Å². The summed E-state index contributed by atoms with van der Waals surface area (Å²) in [5.74, 6) is -0.677. The van der Waals surface area contributed by atoms with Crippen LogP contribution in [0.25, 0.3) is 0 Å². The van der Waals surface area contributed by atoms with Gasteiger partial charge in [-0.1, -0.05) is 142 Å². The van der Waals surface area contributed by atoms with Crippen molar-refractivity contribution in [1.29, 1.82) is 0 Å². The molecule has 0 aromatic carbocycles. The Morgan fingerprint density at radius 2 is 1.21 bits per heavy atom. The van der Waals surface area contributed by atoms with Crippen LogP contribution in [0.3, 0.4) is 0 Å². The Hall–Kier alpha value is -1.20. The summed E-state index contributed by atoms with van der Waals surface area (Å²) in [4.78, 5) is 13.0.